The van der Waals surface area contributed by atoms with E-state index in [1.54, 1.807) is 0 Å². The van der Waals surface area contributed by atoms with Crippen LogP contribution in [0.5, 0.6) is 0 Å². The first kappa shape index (κ1) is 7.82. The van der Waals surface area contributed by atoms with Gasteiger partial charge in [0.15, 0.2) is 0 Å². The summed E-state index contributed by atoms with van der Waals surface area (Å²) in [6.45, 7) is 0.709. The molecule has 1 fully saturated rings. The Bertz CT molecular complexity index is 381. The predicted molar refractivity (Wildman–Crippen MR) is 51.9 cm³/mol. The molecule has 3 rings (SSSR count). The second kappa shape index (κ2) is 2.72. The number of hydrazine groups is 1. The van der Waals surface area contributed by atoms with Gasteiger partial charge in [-0.25, -0.2) is 0 Å². The van der Waals surface area contributed by atoms with Crippen LogP contribution in [0.1, 0.15) is 0 Å². The summed E-state index contributed by atoms with van der Waals surface area (Å²) in [5, 5.41) is 3.33. The monoisotopic (exact) mass is 189 g/mol. The SMILES string of the molecule is O=C1NNC2=C3C=CC=CC3NCC12. The van der Waals surface area contributed by atoms with Crippen LogP contribution in [0.4, 0.5) is 0 Å². The van der Waals surface area contributed by atoms with Gasteiger partial charge >= 0.3 is 0 Å². The van der Waals surface area contributed by atoms with Crippen LogP contribution in [0, 0.1) is 5.92 Å². The zero-order valence-electron chi connectivity index (χ0n) is 7.58. The highest BCUT2D eigenvalue weighted by Crippen LogP contribution is 2.26. The summed E-state index contributed by atoms with van der Waals surface area (Å²) in [6.07, 6.45) is 8.16. The molecule has 14 heavy (non-hydrogen) atoms. The molecule has 2 aliphatic heterocycles. The molecule has 0 aromatic carbocycles. The largest absolute Gasteiger partial charge is 0.305 e. The summed E-state index contributed by atoms with van der Waals surface area (Å²) in [6, 6.07) is 0.256. The number of allylic oxidation sites excluding steroid dienone is 2. The van der Waals surface area contributed by atoms with Crippen molar-refractivity contribution < 1.29 is 4.79 Å². The fraction of sp³-hybridized carbons (Fsp3) is 0.300. The van der Waals surface area contributed by atoms with Crippen molar-refractivity contribution in [2.75, 3.05) is 6.54 Å². The van der Waals surface area contributed by atoms with E-state index in [0.717, 1.165) is 5.70 Å². The molecule has 3 aliphatic rings. The molecule has 1 amide bonds. The molecular formula is C10H11N3O. The third-order valence-electron chi connectivity index (χ3n) is 2.86. The number of rotatable bonds is 0. The van der Waals surface area contributed by atoms with Crippen molar-refractivity contribution in [1.29, 1.82) is 0 Å². The minimum atomic E-state index is -0.0441. The fourth-order valence-corrected chi connectivity index (χ4v) is 2.12. The Balaban J connectivity index is 2.07. The molecule has 72 valence electrons. The molecule has 1 aliphatic carbocycles. The van der Waals surface area contributed by atoms with Crippen LogP contribution in [0.3, 0.4) is 0 Å². The van der Waals surface area contributed by atoms with Crippen molar-refractivity contribution in [3.8, 4) is 0 Å². The highest BCUT2D eigenvalue weighted by Gasteiger charge is 2.36. The third kappa shape index (κ3) is 0.943. The van der Waals surface area contributed by atoms with Gasteiger partial charge in [-0.2, -0.15) is 0 Å². The molecule has 3 N–H and O–H groups in total. The molecule has 4 heteroatoms. The summed E-state index contributed by atoms with van der Waals surface area (Å²) >= 11 is 0. The average molecular weight is 189 g/mol. The minimum Gasteiger partial charge on any atom is -0.305 e. The number of hydrogen-bond donors (Lipinski definition) is 3. The highest BCUT2D eigenvalue weighted by molar-refractivity contribution is 5.85. The lowest BCUT2D eigenvalue weighted by atomic mass is 9.90. The molecule has 0 spiro atoms. The van der Waals surface area contributed by atoms with Crippen molar-refractivity contribution in [1.82, 2.24) is 16.2 Å². The fourth-order valence-electron chi connectivity index (χ4n) is 2.12. The maximum Gasteiger partial charge on any atom is 0.248 e. The first-order valence-electron chi connectivity index (χ1n) is 4.74. The van der Waals surface area contributed by atoms with E-state index in [1.165, 1.54) is 5.57 Å². The van der Waals surface area contributed by atoms with Crippen LogP contribution < -0.4 is 16.2 Å². The molecule has 2 atom stereocenters. The summed E-state index contributed by atoms with van der Waals surface area (Å²) in [5.74, 6) is 0.0128. The maximum atomic E-state index is 11.4. The molecule has 0 bridgehead atoms. The van der Waals surface area contributed by atoms with Crippen molar-refractivity contribution in [2.24, 2.45) is 5.92 Å². The summed E-state index contributed by atoms with van der Waals surface area (Å²) in [4.78, 5) is 11.4. The van der Waals surface area contributed by atoms with Gasteiger partial charge in [0.2, 0.25) is 5.91 Å². The van der Waals surface area contributed by atoms with E-state index in [1.807, 2.05) is 18.2 Å². The van der Waals surface area contributed by atoms with Gasteiger partial charge in [0, 0.05) is 6.54 Å². The third-order valence-corrected chi connectivity index (χ3v) is 2.86. The summed E-state index contributed by atoms with van der Waals surface area (Å²) in [7, 11) is 0. The zero-order valence-corrected chi connectivity index (χ0v) is 7.58. The van der Waals surface area contributed by atoms with E-state index < -0.39 is 0 Å². The van der Waals surface area contributed by atoms with Gasteiger partial charge in [-0.1, -0.05) is 24.3 Å². The second-order valence-electron chi connectivity index (χ2n) is 3.67. The second-order valence-corrected chi connectivity index (χ2v) is 3.67. The van der Waals surface area contributed by atoms with Gasteiger partial charge < -0.3 is 10.7 Å². The number of fused-ring (bicyclic) bond motifs is 2. The summed E-state index contributed by atoms with van der Waals surface area (Å²) in [5.41, 5.74) is 7.81. The molecular weight excluding hydrogens is 178 g/mol. The molecule has 0 saturated carbocycles. The Kier molecular flexibility index (Phi) is 1.52. The van der Waals surface area contributed by atoms with Crippen molar-refractivity contribution in [2.45, 2.75) is 6.04 Å². The first-order chi connectivity index (χ1) is 6.86. The predicted octanol–water partition coefficient (Wildman–Crippen LogP) is -0.411. The van der Waals surface area contributed by atoms with Crippen LogP contribution >= 0.6 is 0 Å². The first-order valence-corrected chi connectivity index (χ1v) is 4.74. The lowest BCUT2D eigenvalue weighted by molar-refractivity contribution is -0.122. The smallest absolute Gasteiger partial charge is 0.248 e. The van der Waals surface area contributed by atoms with Crippen LogP contribution in [0.15, 0.2) is 35.6 Å². The van der Waals surface area contributed by atoms with Crippen molar-refractivity contribution in [3.63, 3.8) is 0 Å². The highest BCUT2D eigenvalue weighted by atomic mass is 16.2. The Morgan fingerprint density at radius 3 is 3.14 bits per heavy atom. The van der Waals surface area contributed by atoms with Gasteiger partial charge in [-0.3, -0.25) is 10.2 Å². The minimum absolute atomic E-state index is 0.0441. The van der Waals surface area contributed by atoms with E-state index in [4.69, 9.17) is 0 Å². The van der Waals surface area contributed by atoms with Gasteiger partial charge in [-0.05, 0) is 5.57 Å². The van der Waals surface area contributed by atoms with Crippen LogP contribution in [0.25, 0.3) is 0 Å². The molecule has 1 saturated heterocycles. The van der Waals surface area contributed by atoms with Gasteiger partial charge in [0.25, 0.3) is 0 Å². The van der Waals surface area contributed by atoms with Crippen LogP contribution in [0.2, 0.25) is 0 Å². The lowest BCUT2D eigenvalue weighted by Crippen LogP contribution is -2.41. The number of carbonyl (C=O) groups excluding carboxylic acids is 1. The summed E-state index contributed by atoms with van der Waals surface area (Å²) < 4.78 is 0. The lowest BCUT2D eigenvalue weighted by Gasteiger charge is -2.28. The molecule has 4 nitrogen and oxygen atoms in total. The molecule has 2 heterocycles. The normalized spacial score (nSPS) is 33.6. The maximum absolute atomic E-state index is 11.4. The Morgan fingerprint density at radius 2 is 2.21 bits per heavy atom. The Hall–Kier alpha value is -1.55. The topological polar surface area (TPSA) is 53.2 Å². The Labute approximate surface area is 81.7 Å². The van der Waals surface area contributed by atoms with E-state index >= 15 is 0 Å². The van der Waals surface area contributed by atoms with E-state index in [9.17, 15) is 4.79 Å². The van der Waals surface area contributed by atoms with E-state index in [-0.39, 0.29) is 17.9 Å². The number of hydrogen-bond acceptors (Lipinski definition) is 3. The Morgan fingerprint density at radius 1 is 1.29 bits per heavy atom. The molecule has 0 aromatic heterocycles. The van der Waals surface area contributed by atoms with Gasteiger partial charge in [0.05, 0.1) is 17.7 Å². The number of carbonyl (C=O) groups is 1. The molecule has 2 unspecified atom stereocenters. The van der Waals surface area contributed by atoms with Gasteiger partial charge in [-0.15, -0.1) is 0 Å². The zero-order chi connectivity index (χ0) is 9.54. The van der Waals surface area contributed by atoms with Crippen LogP contribution in [-0.4, -0.2) is 18.5 Å². The molecule has 0 aromatic rings. The van der Waals surface area contributed by atoms with Crippen LogP contribution in [-0.2, 0) is 4.79 Å². The van der Waals surface area contributed by atoms with Crippen molar-refractivity contribution >= 4 is 5.91 Å². The quantitative estimate of drug-likeness (QED) is 0.485. The average Bonchev–Trinajstić information content (AvgIpc) is 2.61. The van der Waals surface area contributed by atoms with E-state index in [2.05, 4.69) is 22.2 Å². The standard InChI is InChI=1S/C10H11N3O/c14-10-7-5-11-8-4-2-1-3-6(8)9(7)12-13-10/h1-4,7-8,11-12H,5H2,(H,13,14). The van der Waals surface area contributed by atoms with Crippen molar-refractivity contribution in [3.05, 3.63) is 35.6 Å². The molecule has 0 radical (unpaired) electrons. The number of nitrogens with one attached hydrogen (secondary N) is 3. The van der Waals surface area contributed by atoms with E-state index in [0.29, 0.717) is 6.54 Å². The number of amides is 1. The van der Waals surface area contributed by atoms with Gasteiger partial charge in [0.1, 0.15) is 0 Å².